The first-order valence-electron chi connectivity index (χ1n) is 13.0. The smallest absolute Gasteiger partial charge is 0.350 e. The number of nitrogens with zero attached hydrogens (tertiary/aromatic N) is 1. The molecule has 1 amide bonds. The highest BCUT2D eigenvalue weighted by atomic mass is 32.1. The van der Waals surface area contributed by atoms with Crippen LogP contribution in [0.15, 0.2) is 34.9 Å². The van der Waals surface area contributed by atoms with Crippen molar-refractivity contribution in [3.8, 4) is 11.5 Å². The number of phenols is 2. The van der Waals surface area contributed by atoms with Crippen molar-refractivity contribution < 1.29 is 34.8 Å². The Balaban J connectivity index is 1.46. The van der Waals surface area contributed by atoms with E-state index in [0.29, 0.717) is 30.9 Å². The van der Waals surface area contributed by atoms with Gasteiger partial charge in [0, 0.05) is 35.9 Å². The van der Waals surface area contributed by atoms with Crippen molar-refractivity contribution in [1.82, 2.24) is 4.90 Å². The summed E-state index contributed by atoms with van der Waals surface area (Å²) < 4.78 is 4.81. The molecular formula is C28H32N2O7S. The highest BCUT2D eigenvalue weighted by molar-refractivity contribution is 7.12. The summed E-state index contributed by atoms with van der Waals surface area (Å²) in [5.41, 5.74) is -0.952. The number of esters is 1. The first-order chi connectivity index (χ1) is 18.1. The number of carbonyl (C=O) groups excluding carboxylic acids is 2. The molecule has 4 aliphatic rings. The van der Waals surface area contributed by atoms with Crippen LogP contribution in [0.4, 0.5) is 5.69 Å². The molecule has 4 atom stereocenters. The summed E-state index contributed by atoms with van der Waals surface area (Å²) in [6, 6.07) is 4.52. The summed E-state index contributed by atoms with van der Waals surface area (Å²) in [7, 11) is 1.26. The molecule has 38 heavy (non-hydrogen) atoms. The number of aliphatic hydroxyl groups excluding tert-OH is 1. The van der Waals surface area contributed by atoms with Gasteiger partial charge in [-0.25, -0.2) is 4.79 Å². The third-order valence-corrected chi connectivity index (χ3v) is 10.2. The number of hydrogen-bond donors (Lipinski definition) is 5. The van der Waals surface area contributed by atoms with Gasteiger partial charge in [-0.1, -0.05) is 13.0 Å². The summed E-state index contributed by atoms with van der Waals surface area (Å²) in [4.78, 5) is 28.2. The van der Waals surface area contributed by atoms with Gasteiger partial charge in [0.25, 0.3) is 5.91 Å². The fraction of sp³-hybridized carbons (Fsp3) is 0.500. The molecule has 2 aromatic rings. The molecule has 202 valence electrons. The lowest BCUT2D eigenvalue weighted by Gasteiger charge is -2.65. The average Bonchev–Trinajstić information content (AvgIpc) is 3.60. The molecule has 1 aliphatic heterocycles. The minimum atomic E-state index is -1.49. The lowest BCUT2D eigenvalue weighted by molar-refractivity contribution is -0.171. The highest BCUT2D eigenvalue weighted by Gasteiger charge is 2.69. The van der Waals surface area contributed by atoms with E-state index in [1.807, 2.05) is 0 Å². The zero-order valence-electron chi connectivity index (χ0n) is 21.4. The number of nitrogens with one attached hydrogen (secondary N) is 1. The normalized spacial score (nSPS) is 30.4. The number of aromatic hydroxyl groups is 2. The fourth-order valence-corrected chi connectivity index (χ4v) is 8.04. The number of anilines is 1. The van der Waals surface area contributed by atoms with Crippen LogP contribution in [0.2, 0.25) is 0 Å². The second-order valence-corrected chi connectivity index (χ2v) is 12.1. The molecular weight excluding hydrogens is 508 g/mol. The molecule has 5 N–H and O–H groups in total. The SMILES string of the molecule is COC(=O)c1sccc1NC(=O)C1=C(O)[C@H](C)[C@]23CCN(CC4CC4)[C@H](Cc4ccc(O)c(O)c42)[C@]3(O)C1. The number of benzene rings is 1. The summed E-state index contributed by atoms with van der Waals surface area (Å²) in [5, 5.41) is 50.1. The molecule has 1 saturated carbocycles. The number of carbonyl (C=O) groups is 2. The van der Waals surface area contributed by atoms with Crippen LogP contribution in [0, 0.1) is 11.8 Å². The van der Waals surface area contributed by atoms with E-state index in [-0.39, 0.29) is 45.9 Å². The van der Waals surface area contributed by atoms with Gasteiger partial charge in [-0.15, -0.1) is 11.3 Å². The quantitative estimate of drug-likeness (QED) is 0.287. The molecule has 1 aromatic heterocycles. The van der Waals surface area contributed by atoms with Gasteiger partial charge in [0.2, 0.25) is 0 Å². The largest absolute Gasteiger partial charge is 0.512 e. The van der Waals surface area contributed by atoms with Crippen molar-refractivity contribution in [3.05, 3.63) is 50.9 Å². The van der Waals surface area contributed by atoms with Crippen molar-refractivity contribution in [3.63, 3.8) is 0 Å². The first-order valence-corrected chi connectivity index (χ1v) is 13.9. The third kappa shape index (κ3) is 3.43. The average molecular weight is 541 g/mol. The molecule has 2 bridgehead atoms. The molecule has 2 heterocycles. The minimum Gasteiger partial charge on any atom is -0.512 e. The molecule has 1 aromatic carbocycles. The standard InChI is InChI=1S/C28H32N2O7S/c1-14-22(32)17(25(34)29-18-7-10-38-24(18)26(35)37-2)12-28(36)20-11-16-5-6-19(31)23(33)21(16)27(14,28)8-9-30(20)13-15-3-4-15/h5-7,10,14-15,20,31-33,36H,3-4,8-9,11-13H2,1-2H3,(H,29,34)/t14-,20+,27+,28+/m0/s1. The molecule has 0 spiro atoms. The zero-order chi connectivity index (χ0) is 27.0. The van der Waals surface area contributed by atoms with Gasteiger partial charge >= 0.3 is 5.97 Å². The van der Waals surface area contributed by atoms with E-state index in [0.717, 1.165) is 36.3 Å². The number of thiophene rings is 1. The molecule has 0 radical (unpaired) electrons. The Bertz CT molecular complexity index is 1360. The van der Waals surface area contributed by atoms with Crippen molar-refractivity contribution in [2.24, 2.45) is 11.8 Å². The molecule has 0 unspecified atom stereocenters. The second-order valence-electron chi connectivity index (χ2n) is 11.1. The molecule has 9 nitrogen and oxygen atoms in total. The van der Waals surface area contributed by atoms with E-state index in [1.165, 1.54) is 13.2 Å². The zero-order valence-corrected chi connectivity index (χ0v) is 22.2. The molecule has 1 saturated heterocycles. The van der Waals surface area contributed by atoms with E-state index in [9.17, 15) is 30.0 Å². The number of ether oxygens (including phenoxy) is 1. The topological polar surface area (TPSA) is 140 Å². The molecule has 2 fully saturated rings. The number of likely N-dealkylation sites (tertiary alicyclic amines) is 1. The Morgan fingerprint density at radius 2 is 1.97 bits per heavy atom. The Kier molecular flexibility index (Phi) is 5.79. The van der Waals surface area contributed by atoms with Gasteiger partial charge in [-0.05, 0) is 61.2 Å². The summed E-state index contributed by atoms with van der Waals surface area (Å²) >= 11 is 1.13. The molecule has 10 heteroatoms. The predicted molar refractivity (Wildman–Crippen MR) is 141 cm³/mol. The van der Waals surface area contributed by atoms with Gasteiger partial charge in [0.05, 0.1) is 24.0 Å². The third-order valence-electron chi connectivity index (χ3n) is 9.31. The second kappa shape index (κ2) is 8.72. The maximum absolute atomic E-state index is 13.6. The number of aliphatic hydroxyl groups is 2. The minimum absolute atomic E-state index is 0.0546. The van der Waals surface area contributed by atoms with Gasteiger partial charge in [-0.2, -0.15) is 0 Å². The van der Waals surface area contributed by atoms with Crippen molar-refractivity contribution >= 4 is 28.9 Å². The number of fused-ring (bicyclic) bond motifs is 1. The molecule has 6 rings (SSSR count). The van der Waals surface area contributed by atoms with Gasteiger partial charge in [-0.3, -0.25) is 9.69 Å². The number of amides is 1. The van der Waals surface area contributed by atoms with Crippen molar-refractivity contribution in [1.29, 1.82) is 0 Å². The van der Waals surface area contributed by atoms with Crippen LogP contribution >= 0.6 is 11.3 Å². The number of rotatable bonds is 5. The van der Waals surface area contributed by atoms with Crippen LogP contribution in [0.1, 0.15) is 53.4 Å². The number of methoxy groups -OCH3 is 1. The number of piperidine rings is 1. The van der Waals surface area contributed by atoms with Crippen LogP contribution in [-0.2, 0) is 21.4 Å². The van der Waals surface area contributed by atoms with Gasteiger partial charge < -0.3 is 30.5 Å². The van der Waals surface area contributed by atoms with Crippen LogP contribution in [0.5, 0.6) is 11.5 Å². The molecule has 3 aliphatic carbocycles. The van der Waals surface area contributed by atoms with E-state index in [4.69, 9.17) is 4.74 Å². The van der Waals surface area contributed by atoms with Crippen LogP contribution in [0.3, 0.4) is 0 Å². The first kappa shape index (κ1) is 25.2. The van der Waals surface area contributed by atoms with Crippen LogP contribution < -0.4 is 5.32 Å². The summed E-state index contributed by atoms with van der Waals surface area (Å²) in [6.45, 7) is 3.30. The highest BCUT2D eigenvalue weighted by Crippen LogP contribution is 2.64. The number of phenolic OH excluding ortho intramolecular Hbond substituents is 2. The van der Waals surface area contributed by atoms with Gasteiger partial charge in [0.1, 0.15) is 10.6 Å². The van der Waals surface area contributed by atoms with E-state index in [1.54, 1.807) is 24.4 Å². The maximum atomic E-state index is 13.6. The van der Waals surface area contributed by atoms with Gasteiger partial charge in [0.15, 0.2) is 11.5 Å². The van der Waals surface area contributed by atoms with E-state index in [2.05, 4.69) is 10.2 Å². The van der Waals surface area contributed by atoms with Crippen molar-refractivity contribution in [2.75, 3.05) is 25.5 Å². The number of allylic oxidation sites excluding steroid dienone is 1. The maximum Gasteiger partial charge on any atom is 0.350 e. The van der Waals surface area contributed by atoms with E-state index < -0.39 is 28.8 Å². The van der Waals surface area contributed by atoms with E-state index >= 15 is 0 Å². The van der Waals surface area contributed by atoms with Crippen molar-refractivity contribution in [2.45, 2.75) is 56.1 Å². The Labute approximate surface area is 224 Å². The lowest BCUT2D eigenvalue weighted by Crippen LogP contribution is -2.75. The van der Waals surface area contributed by atoms with Crippen LogP contribution in [0.25, 0.3) is 0 Å². The lowest BCUT2D eigenvalue weighted by atomic mass is 9.46. The Hall–Kier alpha value is -3.08. The van der Waals surface area contributed by atoms with Crippen LogP contribution in [-0.4, -0.2) is 69.0 Å². The summed E-state index contributed by atoms with van der Waals surface area (Å²) in [5.74, 6) is -2.01. The fourth-order valence-electron chi connectivity index (χ4n) is 7.27. The Morgan fingerprint density at radius 1 is 1.21 bits per heavy atom. The summed E-state index contributed by atoms with van der Waals surface area (Å²) in [6.07, 6.45) is 3.09. The Morgan fingerprint density at radius 3 is 2.68 bits per heavy atom. The number of hydrogen-bond acceptors (Lipinski definition) is 9. The predicted octanol–water partition coefficient (Wildman–Crippen LogP) is 3.45. The monoisotopic (exact) mass is 540 g/mol.